The van der Waals surface area contributed by atoms with Crippen LogP contribution in [0.15, 0.2) is 0 Å². The molecule has 0 aromatic carbocycles. The molecule has 0 aromatic rings. The average molecular weight is 736 g/mol. The Kier molecular flexibility index (Phi) is 15.9. The Morgan fingerprint density at radius 1 is 0.460 bits per heavy atom. The minimum Gasteiger partial charge on any atom is -0.394 e. The number of unbranched alkanes of at least 4 members (excludes halogenated alkanes) is 2. The molecule has 4 aliphatic heterocycles. The molecule has 0 aromatic heterocycles. The molecule has 50 heavy (non-hydrogen) atoms. The van der Waals surface area contributed by atoms with Crippen molar-refractivity contribution in [2.24, 2.45) is 5.73 Å². The first kappa shape index (κ1) is 41.9. The molecule has 4 saturated heterocycles. The summed E-state index contributed by atoms with van der Waals surface area (Å²) in [5, 5.41) is 125. The maximum Gasteiger partial charge on any atom is 0.187 e. The van der Waals surface area contributed by atoms with Gasteiger partial charge in [0, 0.05) is 6.61 Å². The van der Waals surface area contributed by atoms with Crippen LogP contribution < -0.4 is 5.73 Å². The van der Waals surface area contributed by atoms with Crippen LogP contribution in [0, 0.1) is 0 Å². The molecule has 0 bridgehead atoms. The highest BCUT2D eigenvalue weighted by atomic mass is 16.8. The lowest BCUT2D eigenvalue weighted by Gasteiger charge is -2.48. The van der Waals surface area contributed by atoms with Crippen LogP contribution in [0.4, 0.5) is 0 Å². The summed E-state index contributed by atoms with van der Waals surface area (Å²) in [6.45, 7) is -0.198. The van der Waals surface area contributed by atoms with E-state index >= 15 is 0 Å². The first-order chi connectivity index (χ1) is 23.8. The van der Waals surface area contributed by atoms with Gasteiger partial charge in [-0.25, -0.2) is 0 Å². The summed E-state index contributed by atoms with van der Waals surface area (Å²) in [6.07, 6.45) is -30.3. The fourth-order valence-electron chi connectivity index (χ4n) is 6.26. The number of rotatable bonds is 15. The van der Waals surface area contributed by atoms with Gasteiger partial charge in [0.15, 0.2) is 25.2 Å². The smallest absolute Gasteiger partial charge is 0.187 e. The Hall–Kier alpha value is -0.840. The molecular formula is C29H53NO20. The zero-order valence-corrected chi connectivity index (χ0v) is 27.4. The summed E-state index contributed by atoms with van der Waals surface area (Å²) < 4.78 is 44.7. The van der Waals surface area contributed by atoms with Gasteiger partial charge in [0.2, 0.25) is 0 Å². The Morgan fingerprint density at radius 3 is 1.54 bits per heavy atom. The first-order valence-corrected chi connectivity index (χ1v) is 16.6. The van der Waals surface area contributed by atoms with Gasteiger partial charge in [0.25, 0.3) is 0 Å². The van der Waals surface area contributed by atoms with Gasteiger partial charge < -0.3 is 105 Å². The Labute approximate surface area is 287 Å². The van der Waals surface area contributed by atoms with E-state index in [1.807, 2.05) is 0 Å². The highest BCUT2D eigenvalue weighted by Gasteiger charge is 2.54. The zero-order chi connectivity index (χ0) is 36.9. The fraction of sp³-hybridized carbons (Fsp3) is 1.00. The quantitative estimate of drug-likeness (QED) is 0.0695. The molecule has 4 heterocycles. The number of aliphatic hydroxyl groups excluding tert-OH is 12. The van der Waals surface area contributed by atoms with Crippen LogP contribution in [0.2, 0.25) is 0 Å². The number of hydrogen-bond acceptors (Lipinski definition) is 21. The number of hydrogen-bond donors (Lipinski definition) is 13. The van der Waals surface area contributed by atoms with Crippen LogP contribution in [0.5, 0.6) is 0 Å². The third-order valence-electron chi connectivity index (χ3n) is 9.27. The summed E-state index contributed by atoms with van der Waals surface area (Å²) in [5.74, 6) is 0. The van der Waals surface area contributed by atoms with Gasteiger partial charge in [0.1, 0.15) is 91.6 Å². The zero-order valence-electron chi connectivity index (χ0n) is 27.4. The molecule has 0 spiro atoms. The third-order valence-corrected chi connectivity index (χ3v) is 9.27. The molecule has 20 atom stereocenters. The van der Waals surface area contributed by atoms with Crippen molar-refractivity contribution in [3.63, 3.8) is 0 Å². The molecule has 14 N–H and O–H groups in total. The van der Waals surface area contributed by atoms with Crippen molar-refractivity contribution in [2.45, 2.75) is 149 Å². The summed E-state index contributed by atoms with van der Waals surface area (Å²) in [5.41, 5.74) is 5.49. The summed E-state index contributed by atoms with van der Waals surface area (Å²) >= 11 is 0. The second-order valence-corrected chi connectivity index (χ2v) is 12.8. The number of aliphatic hydroxyl groups is 12. The van der Waals surface area contributed by atoms with Crippen LogP contribution in [0.25, 0.3) is 0 Å². The molecule has 0 amide bonds. The van der Waals surface area contributed by atoms with E-state index in [2.05, 4.69) is 0 Å². The Morgan fingerprint density at radius 2 is 0.940 bits per heavy atom. The van der Waals surface area contributed by atoms with Crippen molar-refractivity contribution < 1.29 is 99.2 Å². The minimum absolute atomic E-state index is 0.168. The Bertz CT molecular complexity index is 1000. The van der Waals surface area contributed by atoms with E-state index in [0.717, 1.165) is 12.8 Å². The normalized spacial score (nSPS) is 48.8. The van der Waals surface area contributed by atoms with Gasteiger partial charge in [-0.2, -0.15) is 0 Å². The molecule has 0 saturated carbocycles. The maximum atomic E-state index is 11.0. The lowest BCUT2D eigenvalue weighted by Crippen LogP contribution is -2.67. The molecule has 0 radical (unpaired) electrons. The molecule has 21 heteroatoms. The Balaban J connectivity index is 1.38. The minimum atomic E-state index is -1.94. The van der Waals surface area contributed by atoms with E-state index in [1.165, 1.54) is 6.92 Å². The van der Waals surface area contributed by atoms with Crippen LogP contribution in [0.3, 0.4) is 0 Å². The van der Waals surface area contributed by atoms with Gasteiger partial charge in [-0.15, -0.1) is 0 Å². The number of ether oxygens (including phenoxy) is 8. The van der Waals surface area contributed by atoms with Crippen LogP contribution in [-0.2, 0) is 37.9 Å². The average Bonchev–Trinajstić information content (AvgIpc) is 3.10. The predicted molar refractivity (Wildman–Crippen MR) is 159 cm³/mol. The van der Waals surface area contributed by atoms with E-state index in [0.29, 0.717) is 13.0 Å². The van der Waals surface area contributed by atoms with Crippen molar-refractivity contribution in [2.75, 3.05) is 33.0 Å². The lowest BCUT2D eigenvalue weighted by molar-refractivity contribution is -0.386. The van der Waals surface area contributed by atoms with Gasteiger partial charge >= 0.3 is 0 Å². The fourth-order valence-corrected chi connectivity index (χ4v) is 6.26. The van der Waals surface area contributed by atoms with Crippen molar-refractivity contribution in [3.8, 4) is 0 Å². The van der Waals surface area contributed by atoms with Crippen molar-refractivity contribution in [3.05, 3.63) is 0 Å². The largest absolute Gasteiger partial charge is 0.394 e. The van der Waals surface area contributed by atoms with Crippen molar-refractivity contribution in [1.82, 2.24) is 0 Å². The molecule has 294 valence electrons. The highest BCUT2D eigenvalue weighted by Crippen LogP contribution is 2.34. The molecular weight excluding hydrogens is 682 g/mol. The molecule has 21 nitrogen and oxygen atoms in total. The van der Waals surface area contributed by atoms with Crippen molar-refractivity contribution >= 4 is 0 Å². The van der Waals surface area contributed by atoms with Gasteiger partial charge in [-0.1, -0.05) is 0 Å². The molecule has 4 fully saturated rings. The van der Waals surface area contributed by atoms with Crippen molar-refractivity contribution in [1.29, 1.82) is 0 Å². The highest BCUT2D eigenvalue weighted by molar-refractivity contribution is 4.97. The molecule has 4 rings (SSSR count). The van der Waals surface area contributed by atoms with Gasteiger partial charge in [0.05, 0.1) is 25.9 Å². The standard InChI is InChI=1S/C29H53NO20/c1-10-23(48-29-21(41)18(38)24(13(9-33)47-29)49-28-19(39)16(36)14(34)11(7-31)46-28)17(37)20(40)27(44-10)50-25-15(35)12(8-32)45-26(22(25)42)43-6-4-2-3-5-30/h10-29,31-42H,2-9,30H2,1H3/t10-,11+,12+,13+,14+,15+,16-,17-,18+,19-,20+,21+,22+,23-,24+,25-,26+,27-,28-,29-/m0/s1. The lowest BCUT2D eigenvalue weighted by atomic mass is 9.96. The third kappa shape index (κ3) is 9.26. The first-order valence-electron chi connectivity index (χ1n) is 16.6. The van der Waals surface area contributed by atoms with Crippen LogP contribution in [-0.4, -0.2) is 217 Å². The second-order valence-electron chi connectivity index (χ2n) is 12.8. The monoisotopic (exact) mass is 735 g/mol. The van der Waals surface area contributed by atoms with Gasteiger partial charge in [-0.05, 0) is 32.7 Å². The molecule has 0 aliphatic carbocycles. The van der Waals surface area contributed by atoms with E-state index in [1.54, 1.807) is 0 Å². The van der Waals surface area contributed by atoms with E-state index in [-0.39, 0.29) is 6.61 Å². The summed E-state index contributed by atoms with van der Waals surface area (Å²) in [4.78, 5) is 0. The molecule has 4 aliphatic rings. The van der Waals surface area contributed by atoms with Gasteiger partial charge in [-0.3, -0.25) is 0 Å². The topological polar surface area (TPSA) is 343 Å². The van der Waals surface area contributed by atoms with E-state index in [4.69, 9.17) is 43.6 Å². The van der Waals surface area contributed by atoms with E-state index < -0.39 is 143 Å². The van der Waals surface area contributed by atoms with Crippen LogP contribution in [0.1, 0.15) is 26.2 Å². The number of nitrogens with two attached hydrogens (primary N) is 1. The summed E-state index contributed by atoms with van der Waals surface area (Å²) in [7, 11) is 0. The maximum absolute atomic E-state index is 11.0. The second kappa shape index (κ2) is 19.0. The van der Waals surface area contributed by atoms with E-state index in [9.17, 15) is 61.3 Å². The summed E-state index contributed by atoms with van der Waals surface area (Å²) in [6, 6.07) is 0. The predicted octanol–water partition coefficient (Wildman–Crippen LogP) is -7.57. The molecule has 0 unspecified atom stereocenters. The SMILES string of the molecule is C[C@@H]1O[C@@H](O[C@@H]2[C@@H](O)[C@H](OCCCCCN)O[C@H](CO)[C@H]2O)[C@H](O)[C@H](O)[C@H]1O[C@@H]1O[C@H](CO)[C@@H](O[C@@H]2O[C@H](CO)[C@@H](O)[C@H](O)[C@@H]2O)[C@H](O)[C@H]1O. The van der Waals surface area contributed by atoms with Crippen LogP contribution >= 0.6 is 0 Å².